The minimum atomic E-state index is 0.471. The summed E-state index contributed by atoms with van der Waals surface area (Å²) in [5, 5.41) is 5.27. The molecule has 0 radical (unpaired) electrons. The molecule has 0 bridgehead atoms. The summed E-state index contributed by atoms with van der Waals surface area (Å²) >= 11 is 5.04. The van der Waals surface area contributed by atoms with E-state index >= 15 is 0 Å². The average Bonchev–Trinajstić information content (AvgIpc) is 2.93. The Kier molecular flexibility index (Phi) is 4.00. The van der Waals surface area contributed by atoms with Gasteiger partial charge in [-0.25, -0.2) is 4.98 Å². The number of fused-ring (bicyclic) bond motifs is 1. The first-order valence-electron chi connectivity index (χ1n) is 6.20. The molecule has 0 amide bonds. The molecule has 0 aliphatic heterocycles. The maximum atomic E-state index is 5.78. The van der Waals surface area contributed by atoms with Crippen LogP contribution in [0.4, 0.5) is 0 Å². The Bertz CT molecular complexity index is 742. The van der Waals surface area contributed by atoms with Crippen molar-refractivity contribution in [1.82, 2.24) is 4.98 Å². The van der Waals surface area contributed by atoms with Gasteiger partial charge in [0.2, 0.25) is 0 Å². The van der Waals surface area contributed by atoms with Gasteiger partial charge in [-0.2, -0.15) is 0 Å². The van der Waals surface area contributed by atoms with Crippen LogP contribution in [0.1, 0.15) is 10.7 Å². The lowest BCUT2D eigenvalue weighted by molar-refractivity contribution is 0.302. The van der Waals surface area contributed by atoms with Gasteiger partial charge in [0.05, 0.1) is 5.69 Å². The number of thiazole rings is 1. The Balaban J connectivity index is 1.75. The largest absolute Gasteiger partial charge is 0.487 e. The number of hydrogen-bond donors (Lipinski definition) is 1. The van der Waals surface area contributed by atoms with Crippen molar-refractivity contribution >= 4 is 38.0 Å². The van der Waals surface area contributed by atoms with Crippen LogP contribution in [-0.2, 0) is 13.2 Å². The lowest BCUT2D eigenvalue weighted by Gasteiger charge is -2.06. The molecule has 3 nitrogen and oxygen atoms in total. The van der Waals surface area contributed by atoms with E-state index in [1.807, 2.05) is 23.6 Å². The first-order valence-corrected chi connectivity index (χ1v) is 7.87. The predicted molar refractivity (Wildman–Crippen MR) is 86.0 cm³/mol. The normalized spacial score (nSPS) is 10.9. The lowest BCUT2D eigenvalue weighted by Crippen LogP contribution is -1.98. The van der Waals surface area contributed by atoms with Crippen LogP contribution in [0.15, 0.2) is 46.3 Å². The van der Waals surface area contributed by atoms with Crippen LogP contribution in [0.25, 0.3) is 10.8 Å². The number of hydrogen-bond acceptors (Lipinski definition) is 4. The van der Waals surface area contributed by atoms with Crippen molar-refractivity contribution in [3.63, 3.8) is 0 Å². The van der Waals surface area contributed by atoms with Crippen molar-refractivity contribution in [3.05, 3.63) is 57.0 Å². The number of benzene rings is 2. The van der Waals surface area contributed by atoms with Gasteiger partial charge in [0.25, 0.3) is 0 Å². The minimum absolute atomic E-state index is 0.471. The van der Waals surface area contributed by atoms with E-state index in [1.54, 1.807) is 11.3 Å². The highest BCUT2D eigenvalue weighted by atomic mass is 79.9. The molecular formula is C15H13BrN2OS. The highest BCUT2D eigenvalue weighted by Gasteiger charge is 2.03. The van der Waals surface area contributed by atoms with Crippen LogP contribution in [0.5, 0.6) is 5.75 Å². The number of rotatable bonds is 4. The third-order valence-electron chi connectivity index (χ3n) is 2.93. The van der Waals surface area contributed by atoms with Crippen molar-refractivity contribution in [3.8, 4) is 5.75 Å². The Labute approximate surface area is 129 Å². The van der Waals surface area contributed by atoms with Crippen LogP contribution in [0, 0.1) is 0 Å². The van der Waals surface area contributed by atoms with Gasteiger partial charge in [-0.15, -0.1) is 11.3 Å². The van der Waals surface area contributed by atoms with Crippen molar-refractivity contribution in [1.29, 1.82) is 0 Å². The Morgan fingerprint density at radius 1 is 1.15 bits per heavy atom. The highest BCUT2D eigenvalue weighted by Crippen LogP contribution is 2.24. The van der Waals surface area contributed by atoms with E-state index in [9.17, 15) is 0 Å². The maximum Gasteiger partial charge on any atom is 0.131 e. The molecule has 0 saturated heterocycles. The molecule has 1 heterocycles. The molecule has 2 N–H and O–H groups in total. The number of aromatic nitrogens is 1. The summed E-state index contributed by atoms with van der Waals surface area (Å²) < 4.78 is 6.86. The molecule has 0 atom stereocenters. The van der Waals surface area contributed by atoms with Gasteiger partial charge in [0.1, 0.15) is 17.4 Å². The fraction of sp³-hybridized carbons (Fsp3) is 0.133. The molecule has 3 rings (SSSR count). The second-order valence-corrected chi connectivity index (χ2v) is 6.24. The monoisotopic (exact) mass is 348 g/mol. The summed E-state index contributed by atoms with van der Waals surface area (Å²) in [6, 6.07) is 12.3. The second kappa shape index (κ2) is 5.91. The summed E-state index contributed by atoms with van der Waals surface area (Å²) in [6.45, 7) is 0.952. The van der Waals surface area contributed by atoms with Gasteiger partial charge in [0.15, 0.2) is 0 Å². The van der Waals surface area contributed by atoms with Gasteiger partial charge in [-0.05, 0) is 35.0 Å². The van der Waals surface area contributed by atoms with Gasteiger partial charge in [0, 0.05) is 16.4 Å². The molecule has 102 valence electrons. The molecule has 0 aliphatic carbocycles. The van der Waals surface area contributed by atoms with E-state index < -0.39 is 0 Å². The zero-order chi connectivity index (χ0) is 13.9. The van der Waals surface area contributed by atoms with Crippen LogP contribution >= 0.6 is 27.3 Å². The lowest BCUT2D eigenvalue weighted by atomic mass is 10.1. The predicted octanol–water partition coefficient (Wildman–Crippen LogP) is 4.10. The fourth-order valence-electron chi connectivity index (χ4n) is 1.95. The minimum Gasteiger partial charge on any atom is -0.487 e. The summed E-state index contributed by atoms with van der Waals surface area (Å²) in [5.41, 5.74) is 6.47. The van der Waals surface area contributed by atoms with Crippen molar-refractivity contribution in [2.75, 3.05) is 0 Å². The van der Waals surface area contributed by atoms with E-state index in [0.29, 0.717) is 13.2 Å². The van der Waals surface area contributed by atoms with E-state index in [-0.39, 0.29) is 0 Å². The third kappa shape index (κ3) is 3.00. The molecule has 2 aromatic carbocycles. The average molecular weight is 349 g/mol. The van der Waals surface area contributed by atoms with Gasteiger partial charge >= 0.3 is 0 Å². The summed E-state index contributed by atoms with van der Waals surface area (Å²) in [4.78, 5) is 4.38. The highest BCUT2D eigenvalue weighted by molar-refractivity contribution is 9.10. The van der Waals surface area contributed by atoms with Crippen molar-refractivity contribution in [2.24, 2.45) is 5.73 Å². The fourth-order valence-corrected chi connectivity index (χ4v) is 2.99. The molecule has 3 aromatic rings. The van der Waals surface area contributed by atoms with E-state index in [0.717, 1.165) is 26.3 Å². The molecule has 0 fully saturated rings. The molecule has 1 aromatic heterocycles. The molecule has 0 unspecified atom stereocenters. The molecule has 0 aliphatic rings. The zero-order valence-electron chi connectivity index (χ0n) is 10.7. The van der Waals surface area contributed by atoms with Crippen LogP contribution in [0.3, 0.4) is 0 Å². The molecule has 5 heteroatoms. The van der Waals surface area contributed by atoms with Crippen LogP contribution < -0.4 is 10.5 Å². The molecule has 0 spiro atoms. The Hall–Kier alpha value is -1.43. The number of ether oxygens (including phenoxy) is 1. The molecule has 20 heavy (non-hydrogen) atoms. The third-order valence-corrected chi connectivity index (χ3v) is 4.35. The summed E-state index contributed by atoms with van der Waals surface area (Å²) in [6.07, 6.45) is 0. The summed E-state index contributed by atoms with van der Waals surface area (Å²) in [7, 11) is 0. The Morgan fingerprint density at radius 3 is 2.75 bits per heavy atom. The SMILES string of the molecule is NCc1nc(COc2ccc3cc(Br)ccc3c2)cs1. The van der Waals surface area contributed by atoms with Gasteiger partial charge < -0.3 is 10.5 Å². The quantitative estimate of drug-likeness (QED) is 0.772. The molecular weight excluding hydrogens is 336 g/mol. The van der Waals surface area contributed by atoms with E-state index in [4.69, 9.17) is 10.5 Å². The van der Waals surface area contributed by atoms with Crippen molar-refractivity contribution < 1.29 is 4.74 Å². The first-order chi connectivity index (χ1) is 9.74. The summed E-state index contributed by atoms with van der Waals surface area (Å²) in [5.74, 6) is 0.849. The van der Waals surface area contributed by atoms with Gasteiger partial charge in [-0.3, -0.25) is 0 Å². The van der Waals surface area contributed by atoms with Crippen LogP contribution in [0.2, 0.25) is 0 Å². The second-order valence-electron chi connectivity index (χ2n) is 4.38. The standard InChI is InChI=1S/C15H13BrN2OS/c16-12-3-1-11-6-14(4-2-10(11)5-12)19-8-13-9-20-15(7-17)18-13/h1-6,9H,7-8,17H2. The Morgan fingerprint density at radius 2 is 1.95 bits per heavy atom. The number of nitrogens with two attached hydrogens (primary N) is 1. The topological polar surface area (TPSA) is 48.1 Å². The number of halogens is 1. The van der Waals surface area contributed by atoms with Crippen LogP contribution in [-0.4, -0.2) is 4.98 Å². The smallest absolute Gasteiger partial charge is 0.131 e. The first kappa shape index (κ1) is 13.5. The maximum absolute atomic E-state index is 5.78. The number of nitrogens with zero attached hydrogens (tertiary/aromatic N) is 1. The van der Waals surface area contributed by atoms with Gasteiger partial charge in [-0.1, -0.05) is 28.1 Å². The van der Waals surface area contributed by atoms with E-state index in [2.05, 4.69) is 39.1 Å². The zero-order valence-corrected chi connectivity index (χ0v) is 13.1. The van der Waals surface area contributed by atoms with E-state index in [1.165, 1.54) is 5.39 Å². The van der Waals surface area contributed by atoms with Crippen molar-refractivity contribution in [2.45, 2.75) is 13.2 Å². The molecule has 0 saturated carbocycles.